The number of nitrogens with zero attached hydrogens (tertiary/aromatic N) is 4. The van der Waals surface area contributed by atoms with Crippen molar-refractivity contribution in [3.63, 3.8) is 0 Å². The first-order valence-corrected chi connectivity index (χ1v) is 8.21. The predicted octanol–water partition coefficient (Wildman–Crippen LogP) is 1.81. The summed E-state index contributed by atoms with van der Waals surface area (Å²) < 4.78 is 1.76. The highest BCUT2D eigenvalue weighted by Crippen LogP contribution is 2.15. The van der Waals surface area contributed by atoms with E-state index >= 15 is 0 Å². The molecule has 2 aromatic rings. The highest BCUT2D eigenvalue weighted by molar-refractivity contribution is 5.96. The van der Waals surface area contributed by atoms with Crippen molar-refractivity contribution < 1.29 is 9.59 Å². The van der Waals surface area contributed by atoms with Gasteiger partial charge >= 0.3 is 0 Å². The van der Waals surface area contributed by atoms with E-state index in [1.165, 1.54) is 0 Å². The fourth-order valence-electron chi connectivity index (χ4n) is 2.93. The van der Waals surface area contributed by atoms with E-state index in [1.807, 2.05) is 35.2 Å². The Bertz CT molecular complexity index is 724. The summed E-state index contributed by atoms with van der Waals surface area (Å²) in [5.41, 5.74) is 1.36. The van der Waals surface area contributed by atoms with Gasteiger partial charge in [-0.15, -0.1) is 0 Å². The van der Waals surface area contributed by atoms with E-state index < -0.39 is 0 Å². The Morgan fingerprint density at radius 2 is 1.96 bits per heavy atom. The number of piperazine rings is 1. The van der Waals surface area contributed by atoms with Crippen LogP contribution in [0.15, 0.2) is 42.9 Å². The fraction of sp³-hybridized carbons (Fsp3) is 0.389. The second-order valence-corrected chi connectivity index (χ2v) is 6.44. The van der Waals surface area contributed by atoms with Gasteiger partial charge in [-0.1, -0.05) is 32.0 Å². The molecular formula is C18H22N4O2. The number of para-hydroxylation sites is 1. The Balaban J connectivity index is 1.75. The number of hydrogen-bond acceptors (Lipinski definition) is 3. The summed E-state index contributed by atoms with van der Waals surface area (Å²) in [7, 11) is 0. The minimum absolute atomic E-state index is 0.00840. The summed E-state index contributed by atoms with van der Waals surface area (Å²) in [6.45, 7) is 6.18. The van der Waals surface area contributed by atoms with Crippen molar-refractivity contribution in [2.24, 2.45) is 5.92 Å². The van der Waals surface area contributed by atoms with E-state index in [0.717, 1.165) is 12.2 Å². The molecule has 3 rings (SSSR count). The summed E-state index contributed by atoms with van der Waals surface area (Å²) in [5.74, 6) is 0.277. The molecule has 24 heavy (non-hydrogen) atoms. The molecule has 6 nitrogen and oxygen atoms in total. The maximum atomic E-state index is 12.8. The molecule has 0 aliphatic carbocycles. The van der Waals surface area contributed by atoms with Gasteiger partial charge in [0.2, 0.25) is 5.91 Å². The standard InChI is InChI=1S/C18H22N4O2/c1-14(2)11-20-8-9-21(12-17(20)23)18(24)16-10-19-13-22(16)15-6-4-3-5-7-15/h3-7,10,13-14H,8-9,11-12H2,1-2H3. The third-order valence-corrected chi connectivity index (χ3v) is 4.08. The molecule has 0 atom stereocenters. The lowest BCUT2D eigenvalue weighted by Crippen LogP contribution is -2.53. The van der Waals surface area contributed by atoms with Gasteiger partial charge in [0.05, 0.1) is 12.5 Å². The monoisotopic (exact) mass is 326 g/mol. The molecule has 0 saturated carbocycles. The summed E-state index contributed by atoms with van der Waals surface area (Å²) in [5, 5.41) is 0. The van der Waals surface area contributed by atoms with Gasteiger partial charge in [-0.3, -0.25) is 14.2 Å². The number of rotatable bonds is 4. The van der Waals surface area contributed by atoms with Crippen LogP contribution in [0.25, 0.3) is 5.69 Å². The van der Waals surface area contributed by atoms with Gasteiger partial charge in [0, 0.05) is 25.3 Å². The normalized spacial score (nSPS) is 15.2. The third-order valence-electron chi connectivity index (χ3n) is 4.08. The zero-order valence-electron chi connectivity index (χ0n) is 14.1. The molecule has 0 N–H and O–H groups in total. The zero-order chi connectivity index (χ0) is 17.1. The largest absolute Gasteiger partial charge is 0.339 e. The van der Waals surface area contributed by atoms with Gasteiger partial charge < -0.3 is 9.80 Å². The first-order valence-electron chi connectivity index (χ1n) is 8.21. The molecular weight excluding hydrogens is 304 g/mol. The molecule has 0 unspecified atom stereocenters. The first kappa shape index (κ1) is 16.2. The van der Waals surface area contributed by atoms with Crippen LogP contribution in [-0.4, -0.2) is 57.3 Å². The maximum absolute atomic E-state index is 12.8. The van der Waals surface area contributed by atoms with Crippen LogP contribution in [0.1, 0.15) is 24.3 Å². The Hall–Kier alpha value is -2.63. The first-order chi connectivity index (χ1) is 11.6. The van der Waals surface area contributed by atoms with E-state index in [2.05, 4.69) is 18.8 Å². The van der Waals surface area contributed by atoms with Crippen molar-refractivity contribution >= 4 is 11.8 Å². The SMILES string of the molecule is CC(C)CN1CCN(C(=O)c2cncn2-c2ccccc2)CC1=O. The number of carbonyl (C=O) groups is 2. The molecule has 0 radical (unpaired) electrons. The maximum Gasteiger partial charge on any atom is 0.273 e. The molecule has 0 bridgehead atoms. The Kier molecular flexibility index (Phi) is 4.64. The highest BCUT2D eigenvalue weighted by Gasteiger charge is 2.29. The quantitative estimate of drug-likeness (QED) is 0.861. The Morgan fingerprint density at radius 1 is 1.21 bits per heavy atom. The van der Waals surface area contributed by atoms with Crippen LogP contribution >= 0.6 is 0 Å². The molecule has 1 aliphatic heterocycles. The molecule has 1 saturated heterocycles. The van der Waals surface area contributed by atoms with E-state index in [4.69, 9.17) is 0 Å². The van der Waals surface area contributed by atoms with Crippen LogP contribution in [0.5, 0.6) is 0 Å². The van der Waals surface area contributed by atoms with E-state index in [1.54, 1.807) is 22.0 Å². The van der Waals surface area contributed by atoms with Gasteiger partial charge in [0.25, 0.3) is 5.91 Å². The smallest absolute Gasteiger partial charge is 0.273 e. The summed E-state index contributed by atoms with van der Waals surface area (Å²) in [4.78, 5) is 32.7. The number of amides is 2. The van der Waals surface area contributed by atoms with Crippen LogP contribution in [0.2, 0.25) is 0 Å². The van der Waals surface area contributed by atoms with Gasteiger partial charge in [0.15, 0.2) is 0 Å². The lowest BCUT2D eigenvalue weighted by molar-refractivity contribution is -0.135. The van der Waals surface area contributed by atoms with E-state index in [0.29, 0.717) is 24.7 Å². The second-order valence-electron chi connectivity index (χ2n) is 6.44. The van der Waals surface area contributed by atoms with Crippen LogP contribution in [-0.2, 0) is 4.79 Å². The average Bonchev–Trinajstić information content (AvgIpc) is 3.06. The molecule has 1 aliphatic rings. The van der Waals surface area contributed by atoms with Crippen LogP contribution in [0.4, 0.5) is 0 Å². The van der Waals surface area contributed by atoms with Crippen molar-refractivity contribution in [2.45, 2.75) is 13.8 Å². The molecule has 2 amide bonds. The minimum atomic E-state index is -0.158. The van der Waals surface area contributed by atoms with E-state index in [9.17, 15) is 9.59 Å². The number of aromatic nitrogens is 2. The van der Waals surface area contributed by atoms with Crippen molar-refractivity contribution in [1.29, 1.82) is 0 Å². The number of hydrogen-bond donors (Lipinski definition) is 0. The molecule has 0 spiro atoms. The van der Waals surface area contributed by atoms with Gasteiger partial charge in [0.1, 0.15) is 12.2 Å². The van der Waals surface area contributed by atoms with Gasteiger partial charge in [-0.2, -0.15) is 0 Å². The van der Waals surface area contributed by atoms with Crippen LogP contribution < -0.4 is 0 Å². The van der Waals surface area contributed by atoms with Crippen molar-refractivity contribution in [2.75, 3.05) is 26.2 Å². The lowest BCUT2D eigenvalue weighted by atomic mass is 10.2. The summed E-state index contributed by atoms with van der Waals surface area (Å²) >= 11 is 0. The van der Waals surface area contributed by atoms with Crippen molar-refractivity contribution in [3.8, 4) is 5.69 Å². The zero-order valence-corrected chi connectivity index (χ0v) is 14.1. The van der Waals surface area contributed by atoms with Gasteiger partial charge in [-0.05, 0) is 18.1 Å². The predicted molar refractivity (Wildman–Crippen MR) is 90.9 cm³/mol. The fourth-order valence-corrected chi connectivity index (χ4v) is 2.93. The minimum Gasteiger partial charge on any atom is -0.339 e. The van der Waals surface area contributed by atoms with Crippen LogP contribution in [0.3, 0.4) is 0 Å². The second kappa shape index (κ2) is 6.86. The number of carbonyl (C=O) groups excluding carboxylic acids is 2. The molecule has 1 fully saturated rings. The average molecular weight is 326 g/mol. The number of imidazole rings is 1. The Morgan fingerprint density at radius 3 is 2.62 bits per heavy atom. The summed E-state index contributed by atoms with van der Waals surface area (Å²) in [6, 6.07) is 9.60. The van der Waals surface area contributed by atoms with Gasteiger partial charge in [-0.25, -0.2) is 4.98 Å². The van der Waals surface area contributed by atoms with Crippen LogP contribution in [0, 0.1) is 5.92 Å². The molecule has 1 aromatic heterocycles. The number of benzene rings is 1. The molecule has 1 aromatic carbocycles. The van der Waals surface area contributed by atoms with Crippen molar-refractivity contribution in [1.82, 2.24) is 19.4 Å². The lowest BCUT2D eigenvalue weighted by Gasteiger charge is -2.35. The topological polar surface area (TPSA) is 58.4 Å². The third kappa shape index (κ3) is 3.32. The molecule has 126 valence electrons. The molecule has 2 heterocycles. The van der Waals surface area contributed by atoms with E-state index in [-0.39, 0.29) is 18.4 Å². The highest BCUT2D eigenvalue weighted by atomic mass is 16.2. The summed E-state index contributed by atoms with van der Waals surface area (Å²) in [6.07, 6.45) is 3.18. The van der Waals surface area contributed by atoms with Crippen molar-refractivity contribution in [3.05, 3.63) is 48.5 Å². The Labute approximate surface area is 141 Å². The molecule has 6 heteroatoms.